The summed E-state index contributed by atoms with van der Waals surface area (Å²) >= 11 is 0. The maximum absolute atomic E-state index is 12.3. The number of hydrogen-bond acceptors (Lipinski definition) is 4. The number of hydrogen-bond donors (Lipinski definition) is 0. The summed E-state index contributed by atoms with van der Waals surface area (Å²) in [6.45, 7) is 6.64. The molecule has 1 amide bonds. The van der Waals surface area contributed by atoms with E-state index in [9.17, 15) is 4.79 Å². The maximum atomic E-state index is 12.3. The molecule has 6 atom stereocenters. The number of likely N-dealkylation sites (tertiary alicyclic amines) is 1. The van der Waals surface area contributed by atoms with Gasteiger partial charge in [0.15, 0.2) is 11.9 Å². The number of epoxide rings is 1. The molecule has 0 unspecified atom stereocenters. The van der Waals surface area contributed by atoms with Crippen LogP contribution in [0, 0.1) is 5.92 Å². The van der Waals surface area contributed by atoms with Crippen LogP contribution in [0.4, 0.5) is 0 Å². The highest BCUT2D eigenvalue weighted by atomic mass is 16.8. The van der Waals surface area contributed by atoms with Crippen molar-refractivity contribution in [1.82, 2.24) is 4.90 Å². The van der Waals surface area contributed by atoms with Gasteiger partial charge in [-0.15, -0.1) is 0 Å². The number of rotatable bonds is 1. The lowest BCUT2D eigenvalue weighted by Crippen LogP contribution is -2.51. The smallest absolute Gasteiger partial charge is 0.254 e. The highest BCUT2D eigenvalue weighted by Crippen LogP contribution is 2.48. The fourth-order valence-corrected chi connectivity index (χ4v) is 3.79. The molecular weight excluding hydrogens is 234 g/mol. The van der Waals surface area contributed by atoms with Gasteiger partial charge in [0, 0.05) is 12.5 Å². The molecule has 2 bridgehead atoms. The number of carbonyl (C=O) groups is 1. The lowest BCUT2D eigenvalue weighted by molar-refractivity contribution is -0.157. The molecule has 1 saturated carbocycles. The van der Waals surface area contributed by atoms with Crippen LogP contribution in [-0.4, -0.2) is 53.6 Å². The summed E-state index contributed by atoms with van der Waals surface area (Å²) in [7, 11) is 0. The zero-order chi connectivity index (χ0) is 12.7. The molecule has 0 N–H and O–H groups in total. The first-order chi connectivity index (χ1) is 8.46. The minimum atomic E-state index is -0.505. The third kappa shape index (κ3) is 1.41. The Hall–Kier alpha value is -0.650. The Labute approximate surface area is 106 Å². The minimum absolute atomic E-state index is 0.0526. The molecule has 3 saturated heterocycles. The van der Waals surface area contributed by atoms with Gasteiger partial charge < -0.3 is 19.1 Å². The second kappa shape index (κ2) is 3.26. The van der Waals surface area contributed by atoms with E-state index in [0.29, 0.717) is 5.92 Å². The van der Waals surface area contributed by atoms with E-state index >= 15 is 0 Å². The molecule has 18 heavy (non-hydrogen) atoms. The summed E-state index contributed by atoms with van der Waals surface area (Å²) < 4.78 is 17.2. The number of piperidine rings is 1. The van der Waals surface area contributed by atoms with Crippen molar-refractivity contribution in [2.75, 3.05) is 6.54 Å². The van der Waals surface area contributed by atoms with Gasteiger partial charge in [0.05, 0.1) is 18.2 Å². The molecule has 0 aromatic carbocycles. The van der Waals surface area contributed by atoms with Gasteiger partial charge in [0.2, 0.25) is 0 Å². The van der Waals surface area contributed by atoms with E-state index in [1.165, 1.54) is 0 Å². The van der Waals surface area contributed by atoms with Gasteiger partial charge in [-0.3, -0.25) is 4.79 Å². The lowest BCUT2D eigenvalue weighted by atomic mass is 10.0. The van der Waals surface area contributed by atoms with Gasteiger partial charge in [-0.2, -0.15) is 0 Å². The van der Waals surface area contributed by atoms with E-state index in [-0.39, 0.29) is 36.4 Å². The fourth-order valence-electron chi connectivity index (χ4n) is 3.79. The summed E-state index contributed by atoms with van der Waals surface area (Å²) in [6.07, 6.45) is 1.12. The Balaban J connectivity index is 1.53. The monoisotopic (exact) mass is 253 g/mol. The number of carbonyl (C=O) groups excluding carboxylic acids is 1. The summed E-state index contributed by atoms with van der Waals surface area (Å²) in [4.78, 5) is 14.2. The molecule has 0 radical (unpaired) electrons. The van der Waals surface area contributed by atoms with Crippen LogP contribution in [0.5, 0.6) is 0 Å². The third-order valence-electron chi connectivity index (χ3n) is 4.62. The predicted octanol–water partition coefficient (Wildman–Crippen LogP) is 0.524. The molecule has 0 aromatic heterocycles. The van der Waals surface area contributed by atoms with E-state index in [0.717, 1.165) is 13.0 Å². The van der Waals surface area contributed by atoms with Crippen LogP contribution in [0.1, 0.15) is 27.2 Å². The van der Waals surface area contributed by atoms with Gasteiger partial charge in [0.1, 0.15) is 6.10 Å². The van der Waals surface area contributed by atoms with Crippen molar-refractivity contribution >= 4 is 5.91 Å². The molecule has 4 aliphatic rings. The Bertz CT molecular complexity index is 410. The normalized spacial score (nSPS) is 51.6. The van der Waals surface area contributed by atoms with Crippen molar-refractivity contribution < 1.29 is 19.0 Å². The van der Waals surface area contributed by atoms with Gasteiger partial charge >= 0.3 is 0 Å². The number of fused-ring (bicyclic) bond motifs is 5. The van der Waals surface area contributed by atoms with E-state index in [4.69, 9.17) is 14.2 Å². The van der Waals surface area contributed by atoms with E-state index < -0.39 is 5.79 Å². The first kappa shape index (κ1) is 11.2. The van der Waals surface area contributed by atoms with Crippen LogP contribution in [0.25, 0.3) is 0 Å². The quantitative estimate of drug-likeness (QED) is 0.639. The second-order valence-corrected chi connectivity index (χ2v) is 6.38. The van der Waals surface area contributed by atoms with Crippen LogP contribution in [0.2, 0.25) is 0 Å². The molecule has 0 spiro atoms. The summed E-state index contributed by atoms with van der Waals surface area (Å²) in [6, 6.07) is 0.186. The molecular formula is C13H19NO4. The number of amides is 1. The Morgan fingerprint density at radius 3 is 2.61 bits per heavy atom. The van der Waals surface area contributed by atoms with Crippen LogP contribution in [-0.2, 0) is 19.0 Å². The molecule has 4 rings (SSSR count). The van der Waals surface area contributed by atoms with Crippen LogP contribution in [0.3, 0.4) is 0 Å². The van der Waals surface area contributed by atoms with E-state index in [2.05, 4.69) is 0 Å². The molecule has 0 aromatic rings. The van der Waals surface area contributed by atoms with Crippen LogP contribution >= 0.6 is 0 Å². The maximum Gasteiger partial charge on any atom is 0.254 e. The topological polar surface area (TPSA) is 51.3 Å². The van der Waals surface area contributed by atoms with Crippen molar-refractivity contribution in [3.05, 3.63) is 0 Å². The number of ether oxygens (including phenoxy) is 3. The predicted molar refractivity (Wildman–Crippen MR) is 61.8 cm³/mol. The zero-order valence-corrected chi connectivity index (χ0v) is 11.0. The first-order valence-electron chi connectivity index (χ1n) is 6.78. The highest BCUT2D eigenvalue weighted by molar-refractivity contribution is 5.84. The Morgan fingerprint density at radius 2 is 1.94 bits per heavy atom. The van der Waals surface area contributed by atoms with Crippen molar-refractivity contribution in [1.29, 1.82) is 0 Å². The summed E-state index contributed by atoms with van der Waals surface area (Å²) in [5, 5.41) is 0. The van der Waals surface area contributed by atoms with Gasteiger partial charge in [-0.1, -0.05) is 0 Å². The van der Waals surface area contributed by atoms with Gasteiger partial charge in [-0.05, 0) is 27.2 Å². The molecule has 100 valence electrons. The van der Waals surface area contributed by atoms with Crippen molar-refractivity contribution in [3.8, 4) is 0 Å². The molecule has 3 aliphatic heterocycles. The minimum Gasteiger partial charge on any atom is -0.359 e. The first-order valence-corrected chi connectivity index (χ1v) is 6.78. The molecule has 1 aliphatic carbocycles. The van der Waals surface area contributed by atoms with Crippen LogP contribution in [0.15, 0.2) is 0 Å². The zero-order valence-electron chi connectivity index (χ0n) is 11.0. The molecule has 3 heterocycles. The SMILES string of the molecule is C[C@@H]1O[C@H]1C(=O)N1C[C@@H]2C[C@H]1[C@H]1OC(C)(C)O[C@@H]21. The van der Waals surface area contributed by atoms with E-state index in [1.807, 2.05) is 25.7 Å². The standard InChI is InChI=1S/C13H19NO4/c1-6-9(16-6)12(15)14-5-7-4-8(14)11-10(7)17-13(2,3)18-11/h6-11H,4-5H2,1-3H3/t6-,7-,8-,9+,10-,11+/m0/s1. The Morgan fingerprint density at radius 1 is 1.28 bits per heavy atom. The number of nitrogens with zero attached hydrogens (tertiary/aromatic N) is 1. The largest absolute Gasteiger partial charge is 0.359 e. The summed E-state index contributed by atoms with van der Waals surface area (Å²) in [5.74, 6) is 0.0656. The highest BCUT2D eigenvalue weighted by Gasteiger charge is 2.62. The van der Waals surface area contributed by atoms with Gasteiger partial charge in [-0.25, -0.2) is 0 Å². The molecule has 4 fully saturated rings. The Kier molecular flexibility index (Phi) is 2.03. The molecule has 5 nitrogen and oxygen atoms in total. The van der Waals surface area contributed by atoms with Gasteiger partial charge in [0.25, 0.3) is 5.91 Å². The third-order valence-corrected chi connectivity index (χ3v) is 4.62. The fraction of sp³-hybridized carbons (Fsp3) is 0.923. The second-order valence-electron chi connectivity index (χ2n) is 6.38. The van der Waals surface area contributed by atoms with Crippen molar-refractivity contribution in [2.45, 2.75) is 63.4 Å². The van der Waals surface area contributed by atoms with Crippen LogP contribution < -0.4 is 0 Å². The lowest BCUT2D eigenvalue weighted by Gasteiger charge is -2.32. The molecule has 5 heteroatoms. The average molecular weight is 253 g/mol. The van der Waals surface area contributed by atoms with Crippen molar-refractivity contribution in [2.24, 2.45) is 5.92 Å². The van der Waals surface area contributed by atoms with E-state index in [1.54, 1.807) is 0 Å². The summed E-state index contributed by atoms with van der Waals surface area (Å²) in [5.41, 5.74) is 0. The van der Waals surface area contributed by atoms with Crippen molar-refractivity contribution in [3.63, 3.8) is 0 Å². The average Bonchev–Trinajstić information content (AvgIpc) is 2.68.